The lowest BCUT2D eigenvalue weighted by molar-refractivity contribution is -0.136. The maximum absolute atomic E-state index is 12.6. The number of carbonyl (C=O) groups is 2. The van der Waals surface area contributed by atoms with Crippen LogP contribution in [0.4, 0.5) is 0 Å². The van der Waals surface area contributed by atoms with Crippen LogP contribution in [0.15, 0.2) is 34.8 Å². The van der Waals surface area contributed by atoms with E-state index in [-0.39, 0.29) is 5.91 Å². The van der Waals surface area contributed by atoms with E-state index in [1.165, 1.54) is 7.11 Å². The topological polar surface area (TPSA) is 55.8 Å². The van der Waals surface area contributed by atoms with Crippen molar-refractivity contribution in [3.8, 4) is 0 Å². The number of methoxy groups -OCH3 is 1. The summed E-state index contributed by atoms with van der Waals surface area (Å²) in [6, 6.07) is 0. The minimum absolute atomic E-state index is 0.169. The van der Waals surface area contributed by atoms with Gasteiger partial charge in [0.2, 0.25) is 0 Å². The van der Waals surface area contributed by atoms with Gasteiger partial charge in [0.25, 0.3) is 5.91 Å². The van der Waals surface area contributed by atoms with Crippen molar-refractivity contribution < 1.29 is 19.1 Å². The van der Waals surface area contributed by atoms with Gasteiger partial charge in [-0.3, -0.25) is 4.79 Å². The van der Waals surface area contributed by atoms with Crippen LogP contribution in [0.2, 0.25) is 0 Å². The third-order valence-electron chi connectivity index (χ3n) is 3.47. The Hall–Kier alpha value is -2.04. The molecule has 0 aromatic rings. The molecule has 0 saturated carbocycles. The summed E-state index contributed by atoms with van der Waals surface area (Å²) in [5.41, 5.74) is 1.33. The van der Waals surface area contributed by atoms with Crippen molar-refractivity contribution in [3.05, 3.63) is 34.8 Å². The molecule has 2 aliphatic rings. The van der Waals surface area contributed by atoms with Crippen molar-refractivity contribution in [3.63, 3.8) is 0 Å². The lowest BCUT2D eigenvalue weighted by Gasteiger charge is -2.19. The van der Waals surface area contributed by atoms with Gasteiger partial charge >= 0.3 is 5.97 Å². The first-order chi connectivity index (χ1) is 9.95. The number of hydrogen-bond donors (Lipinski definition) is 0. The first-order valence-electron chi connectivity index (χ1n) is 7.11. The van der Waals surface area contributed by atoms with Crippen LogP contribution >= 0.6 is 0 Å². The highest BCUT2D eigenvalue weighted by atomic mass is 16.5. The highest BCUT2D eigenvalue weighted by Gasteiger charge is 2.37. The van der Waals surface area contributed by atoms with Gasteiger partial charge in [-0.05, 0) is 25.0 Å². The molecule has 0 saturated heterocycles. The maximum atomic E-state index is 12.6. The van der Waals surface area contributed by atoms with E-state index in [0.717, 1.165) is 6.42 Å². The summed E-state index contributed by atoms with van der Waals surface area (Å²) < 4.78 is 10.2. The van der Waals surface area contributed by atoms with Crippen molar-refractivity contribution >= 4 is 11.9 Å². The summed E-state index contributed by atoms with van der Waals surface area (Å²) in [5.74, 6) is 0.290. The number of nitrogens with zero attached hydrogens (tertiary/aromatic N) is 1. The number of hydrogen-bond acceptors (Lipinski definition) is 4. The van der Waals surface area contributed by atoms with Crippen LogP contribution in [0.3, 0.4) is 0 Å². The van der Waals surface area contributed by atoms with Gasteiger partial charge in [0.05, 0.1) is 24.9 Å². The molecular weight excluding hydrogens is 270 g/mol. The molecule has 21 heavy (non-hydrogen) atoms. The normalized spacial score (nSPS) is 20.4. The maximum Gasteiger partial charge on any atom is 0.340 e. The molecule has 0 radical (unpaired) electrons. The lowest BCUT2D eigenvalue weighted by atomic mass is 10.1. The SMILES string of the molecule is COC(=O)C1=C(C)N(CC(C)C)C(=O)/C1=C\C1=CCCO1. The van der Waals surface area contributed by atoms with Crippen LogP contribution in [0.25, 0.3) is 0 Å². The number of rotatable bonds is 4. The third kappa shape index (κ3) is 3.01. The number of amides is 1. The van der Waals surface area contributed by atoms with Gasteiger partial charge in [-0.25, -0.2) is 4.79 Å². The summed E-state index contributed by atoms with van der Waals surface area (Å²) in [6.07, 6.45) is 4.38. The molecule has 0 atom stereocenters. The minimum atomic E-state index is -0.489. The number of carbonyl (C=O) groups excluding carboxylic acids is 2. The Morgan fingerprint density at radius 3 is 2.76 bits per heavy atom. The molecule has 114 valence electrons. The van der Waals surface area contributed by atoms with Crippen LogP contribution in [-0.4, -0.2) is 37.0 Å². The zero-order chi connectivity index (χ0) is 15.6. The number of esters is 1. The largest absolute Gasteiger partial charge is 0.494 e. The van der Waals surface area contributed by atoms with Crippen LogP contribution in [0.1, 0.15) is 27.2 Å². The summed E-state index contributed by atoms with van der Waals surface area (Å²) in [7, 11) is 1.32. The van der Waals surface area contributed by atoms with Gasteiger partial charge in [-0.15, -0.1) is 0 Å². The second-order valence-electron chi connectivity index (χ2n) is 5.56. The minimum Gasteiger partial charge on any atom is -0.494 e. The zero-order valence-electron chi connectivity index (χ0n) is 12.9. The van der Waals surface area contributed by atoms with Gasteiger partial charge in [0, 0.05) is 18.7 Å². The molecular formula is C16H21NO4. The number of ether oxygens (including phenoxy) is 2. The predicted molar refractivity (Wildman–Crippen MR) is 78.0 cm³/mol. The summed E-state index contributed by atoms with van der Waals surface area (Å²) in [6.45, 7) is 7.02. The second kappa shape index (κ2) is 6.16. The van der Waals surface area contributed by atoms with Crippen molar-refractivity contribution in [2.45, 2.75) is 27.2 Å². The molecule has 0 N–H and O–H groups in total. The Labute approximate surface area is 124 Å². The molecule has 0 bridgehead atoms. The standard InChI is InChI=1S/C16H21NO4/c1-10(2)9-17-11(3)14(16(19)20-4)13(15(17)18)8-12-6-5-7-21-12/h6,8,10H,5,7,9H2,1-4H3/b13-8-. The molecule has 2 heterocycles. The van der Waals surface area contributed by atoms with Gasteiger partial charge < -0.3 is 14.4 Å². The summed E-state index contributed by atoms with van der Waals surface area (Å²) >= 11 is 0. The van der Waals surface area contributed by atoms with E-state index in [1.54, 1.807) is 17.9 Å². The van der Waals surface area contributed by atoms with Crippen molar-refractivity contribution in [2.75, 3.05) is 20.3 Å². The Kier molecular flexibility index (Phi) is 4.50. The molecule has 2 rings (SSSR count). The highest BCUT2D eigenvalue weighted by Crippen LogP contribution is 2.32. The Morgan fingerprint density at radius 1 is 1.52 bits per heavy atom. The average Bonchev–Trinajstić information content (AvgIpc) is 3.01. The fraction of sp³-hybridized carbons (Fsp3) is 0.500. The molecule has 0 aliphatic carbocycles. The summed E-state index contributed by atoms with van der Waals surface area (Å²) in [5, 5.41) is 0. The highest BCUT2D eigenvalue weighted by molar-refractivity contribution is 6.13. The van der Waals surface area contributed by atoms with Gasteiger partial charge in [0.1, 0.15) is 5.76 Å². The predicted octanol–water partition coefficient (Wildman–Crippen LogP) is 2.16. The van der Waals surface area contributed by atoms with Crippen LogP contribution in [-0.2, 0) is 19.1 Å². The molecule has 1 amide bonds. The molecule has 0 fully saturated rings. The Balaban J connectivity index is 2.42. The van der Waals surface area contributed by atoms with E-state index >= 15 is 0 Å². The molecule has 0 aromatic heterocycles. The van der Waals surface area contributed by atoms with Gasteiger partial charge in [-0.1, -0.05) is 13.8 Å². The van der Waals surface area contributed by atoms with Crippen molar-refractivity contribution in [2.24, 2.45) is 5.92 Å². The molecule has 0 aromatic carbocycles. The monoisotopic (exact) mass is 291 g/mol. The van der Waals surface area contributed by atoms with E-state index in [2.05, 4.69) is 0 Å². The fourth-order valence-corrected chi connectivity index (χ4v) is 2.49. The van der Waals surface area contributed by atoms with E-state index in [0.29, 0.717) is 41.7 Å². The first-order valence-corrected chi connectivity index (χ1v) is 7.11. The molecule has 0 unspecified atom stereocenters. The fourth-order valence-electron chi connectivity index (χ4n) is 2.49. The first kappa shape index (κ1) is 15.4. The average molecular weight is 291 g/mol. The van der Waals surface area contributed by atoms with E-state index < -0.39 is 5.97 Å². The van der Waals surface area contributed by atoms with E-state index in [1.807, 2.05) is 19.9 Å². The van der Waals surface area contributed by atoms with Crippen molar-refractivity contribution in [1.82, 2.24) is 4.90 Å². The van der Waals surface area contributed by atoms with Crippen LogP contribution < -0.4 is 0 Å². The molecule has 0 spiro atoms. The van der Waals surface area contributed by atoms with Crippen LogP contribution in [0.5, 0.6) is 0 Å². The van der Waals surface area contributed by atoms with Gasteiger partial charge in [-0.2, -0.15) is 0 Å². The Bertz CT molecular complexity index is 555. The van der Waals surface area contributed by atoms with Crippen LogP contribution in [0, 0.1) is 5.92 Å². The van der Waals surface area contributed by atoms with E-state index in [4.69, 9.17) is 9.47 Å². The number of allylic oxidation sites excluding steroid dienone is 2. The van der Waals surface area contributed by atoms with Crippen molar-refractivity contribution in [1.29, 1.82) is 0 Å². The zero-order valence-corrected chi connectivity index (χ0v) is 12.9. The quantitative estimate of drug-likeness (QED) is 0.588. The van der Waals surface area contributed by atoms with E-state index in [9.17, 15) is 9.59 Å². The van der Waals surface area contributed by atoms with Gasteiger partial charge in [0.15, 0.2) is 0 Å². The molecule has 5 nitrogen and oxygen atoms in total. The lowest BCUT2D eigenvalue weighted by Crippen LogP contribution is -2.29. The smallest absolute Gasteiger partial charge is 0.340 e. The third-order valence-corrected chi connectivity index (χ3v) is 3.47. The molecule has 5 heteroatoms. The Morgan fingerprint density at radius 2 is 2.24 bits per heavy atom. The second-order valence-corrected chi connectivity index (χ2v) is 5.56. The molecule has 2 aliphatic heterocycles. The summed E-state index contributed by atoms with van der Waals surface area (Å²) in [4.78, 5) is 26.3.